The zero-order valence-corrected chi connectivity index (χ0v) is 27.4. The van der Waals surface area contributed by atoms with E-state index in [0.29, 0.717) is 0 Å². The zero-order valence-electron chi connectivity index (χ0n) is 27.4. The van der Waals surface area contributed by atoms with Crippen molar-refractivity contribution in [1.29, 1.82) is 0 Å². The fourth-order valence-corrected chi connectivity index (χ4v) is 8.32. The predicted octanol–water partition coefficient (Wildman–Crippen LogP) is 13.3. The number of para-hydroxylation sites is 2. The molecule has 2 nitrogen and oxygen atoms in total. The summed E-state index contributed by atoms with van der Waals surface area (Å²) in [6, 6.07) is 59.5. The predicted molar refractivity (Wildman–Crippen MR) is 206 cm³/mol. The van der Waals surface area contributed by atoms with Gasteiger partial charge in [-0.25, -0.2) is 0 Å². The molecule has 0 spiro atoms. The molecule has 1 aliphatic carbocycles. The number of hydrogen-bond donors (Lipinski definition) is 0. The maximum atomic E-state index is 6.46. The largest absolute Gasteiger partial charge is 0.455 e. The van der Waals surface area contributed by atoms with Gasteiger partial charge in [-0.3, -0.25) is 0 Å². The minimum absolute atomic E-state index is 0.112. The third-order valence-corrected chi connectivity index (χ3v) is 10.7. The number of anilines is 3. The first-order valence-corrected chi connectivity index (χ1v) is 17.0. The van der Waals surface area contributed by atoms with Gasteiger partial charge in [0.05, 0.1) is 11.4 Å². The first-order valence-electron chi connectivity index (χ1n) is 17.0. The fourth-order valence-electron chi connectivity index (χ4n) is 8.32. The second kappa shape index (κ2) is 10.4. The summed E-state index contributed by atoms with van der Waals surface area (Å²) in [5.74, 6) is 0. The van der Waals surface area contributed by atoms with E-state index >= 15 is 0 Å². The van der Waals surface area contributed by atoms with E-state index in [1.165, 1.54) is 49.8 Å². The van der Waals surface area contributed by atoms with Gasteiger partial charge in [-0.2, -0.15) is 0 Å². The Balaban J connectivity index is 1.27. The highest BCUT2D eigenvalue weighted by molar-refractivity contribution is 6.15. The topological polar surface area (TPSA) is 16.4 Å². The molecule has 0 radical (unpaired) electrons. The summed E-state index contributed by atoms with van der Waals surface area (Å²) in [5.41, 5.74) is 12.9. The molecule has 2 heteroatoms. The highest BCUT2D eigenvalue weighted by Gasteiger charge is 2.38. The number of fused-ring (bicyclic) bond motifs is 9. The number of nitrogens with zero attached hydrogens (tertiary/aromatic N) is 1. The van der Waals surface area contributed by atoms with Crippen LogP contribution in [0.5, 0.6) is 0 Å². The van der Waals surface area contributed by atoms with Crippen LogP contribution < -0.4 is 4.90 Å². The van der Waals surface area contributed by atoms with Crippen LogP contribution in [0.4, 0.5) is 17.1 Å². The SMILES string of the molecule is CC1(C)c2ccccc2-c2c(N(c3ccc4c(ccc5c6ccccc6oc45)c3)c3ccccc3-c3cccc4ccccc34)cccc21. The summed E-state index contributed by atoms with van der Waals surface area (Å²) in [6.45, 7) is 4.70. The minimum Gasteiger partial charge on any atom is -0.455 e. The van der Waals surface area contributed by atoms with Crippen LogP contribution in [0.15, 0.2) is 168 Å². The summed E-state index contributed by atoms with van der Waals surface area (Å²) in [7, 11) is 0. The summed E-state index contributed by atoms with van der Waals surface area (Å²) in [4.78, 5) is 2.48. The number of furan rings is 1. The van der Waals surface area contributed by atoms with Crippen molar-refractivity contribution < 1.29 is 4.42 Å². The van der Waals surface area contributed by atoms with Crippen molar-refractivity contribution in [3.05, 3.63) is 175 Å². The lowest BCUT2D eigenvalue weighted by atomic mass is 9.82. The third kappa shape index (κ3) is 4.07. The summed E-state index contributed by atoms with van der Waals surface area (Å²) in [6.07, 6.45) is 0. The molecule has 0 saturated heterocycles. The Hall–Kier alpha value is -6.12. The van der Waals surface area contributed by atoms with Gasteiger partial charge in [0.2, 0.25) is 0 Å². The van der Waals surface area contributed by atoms with Crippen molar-refractivity contribution in [3.63, 3.8) is 0 Å². The first-order chi connectivity index (χ1) is 24.1. The normalized spacial score (nSPS) is 13.3. The second-order valence-electron chi connectivity index (χ2n) is 13.7. The van der Waals surface area contributed by atoms with Gasteiger partial charge in [0.15, 0.2) is 0 Å². The molecule has 9 aromatic rings. The van der Waals surface area contributed by atoms with Crippen molar-refractivity contribution in [2.45, 2.75) is 19.3 Å². The average molecular weight is 628 g/mol. The van der Waals surface area contributed by atoms with E-state index in [0.717, 1.165) is 44.1 Å². The molecule has 0 aliphatic heterocycles. The van der Waals surface area contributed by atoms with Crippen LogP contribution in [0.3, 0.4) is 0 Å². The van der Waals surface area contributed by atoms with Crippen LogP contribution in [-0.4, -0.2) is 0 Å². The Labute approximate surface area is 285 Å². The molecule has 0 bridgehead atoms. The Bertz CT molecular complexity index is 2760. The summed E-state index contributed by atoms with van der Waals surface area (Å²) in [5, 5.41) is 7.03. The van der Waals surface area contributed by atoms with Crippen LogP contribution >= 0.6 is 0 Å². The number of benzene rings is 8. The van der Waals surface area contributed by atoms with Gasteiger partial charge in [0.25, 0.3) is 0 Å². The molecule has 0 saturated carbocycles. The molecule has 0 amide bonds. The molecular formula is C47H33NO. The van der Waals surface area contributed by atoms with Crippen LogP contribution in [0.25, 0.3) is 65.7 Å². The molecule has 8 aromatic carbocycles. The van der Waals surface area contributed by atoms with Gasteiger partial charge in [-0.1, -0.05) is 135 Å². The van der Waals surface area contributed by atoms with Crippen LogP contribution in [0, 0.1) is 0 Å². The monoisotopic (exact) mass is 627 g/mol. The van der Waals surface area contributed by atoms with Crippen LogP contribution in [-0.2, 0) is 5.41 Å². The van der Waals surface area contributed by atoms with Crippen molar-refractivity contribution >= 4 is 60.5 Å². The summed E-state index contributed by atoms with van der Waals surface area (Å²) < 4.78 is 6.46. The van der Waals surface area contributed by atoms with Gasteiger partial charge in [-0.15, -0.1) is 0 Å². The molecule has 1 heterocycles. The van der Waals surface area contributed by atoms with Crippen molar-refractivity contribution in [2.24, 2.45) is 0 Å². The van der Waals surface area contributed by atoms with Crippen molar-refractivity contribution in [3.8, 4) is 22.3 Å². The molecular weight excluding hydrogens is 595 g/mol. The lowest BCUT2D eigenvalue weighted by Crippen LogP contribution is -2.16. The standard InChI is InChI=1S/C47H33NO/c1-47(2)40-20-8-5-18-39(40)45-41(47)21-12-23-43(45)48(42-22-9-6-16-36(42)35-19-11-14-30-13-3-4-15-33(30)35)32-26-28-34-31(29-32)25-27-38-37-17-7-10-24-44(37)49-46(34)38/h3-29H,1-2H3. The average Bonchev–Trinajstić information content (AvgIpc) is 3.64. The molecule has 0 N–H and O–H groups in total. The van der Waals surface area contributed by atoms with E-state index in [4.69, 9.17) is 4.42 Å². The maximum absolute atomic E-state index is 6.46. The molecule has 1 aromatic heterocycles. The highest BCUT2D eigenvalue weighted by atomic mass is 16.3. The Kier molecular flexibility index (Phi) is 5.95. The van der Waals surface area contributed by atoms with Crippen LogP contribution in [0.2, 0.25) is 0 Å². The van der Waals surface area contributed by atoms with E-state index in [2.05, 4.69) is 176 Å². The summed E-state index contributed by atoms with van der Waals surface area (Å²) >= 11 is 0. The fraction of sp³-hybridized carbons (Fsp3) is 0.0638. The van der Waals surface area contributed by atoms with Crippen LogP contribution in [0.1, 0.15) is 25.0 Å². The van der Waals surface area contributed by atoms with E-state index < -0.39 is 0 Å². The lowest BCUT2D eigenvalue weighted by Gasteiger charge is -2.31. The lowest BCUT2D eigenvalue weighted by molar-refractivity contribution is 0.660. The first kappa shape index (κ1) is 27.9. The molecule has 1 aliphatic rings. The van der Waals surface area contributed by atoms with Crippen molar-refractivity contribution in [1.82, 2.24) is 0 Å². The van der Waals surface area contributed by atoms with Gasteiger partial charge in [-0.05, 0) is 80.9 Å². The van der Waals surface area contributed by atoms with E-state index in [-0.39, 0.29) is 5.41 Å². The van der Waals surface area contributed by atoms with E-state index in [9.17, 15) is 0 Å². The molecule has 232 valence electrons. The molecule has 0 unspecified atom stereocenters. The zero-order chi connectivity index (χ0) is 32.7. The molecule has 0 fully saturated rings. The Morgan fingerprint density at radius 1 is 0.449 bits per heavy atom. The number of hydrogen-bond acceptors (Lipinski definition) is 2. The third-order valence-electron chi connectivity index (χ3n) is 10.7. The smallest absolute Gasteiger partial charge is 0.143 e. The van der Waals surface area contributed by atoms with Crippen molar-refractivity contribution in [2.75, 3.05) is 4.90 Å². The molecule has 10 rings (SSSR count). The Morgan fingerprint density at radius 2 is 1.10 bits per heavy atom. The molecule has 49 heavy (non-hydrogen) atoms. The second-order valence-corrected chi connectivity index (χ2v) is 13.7. The van der Waals surface area contributed by atoms with Gasteiger partial charge in [0.1, 0.15) is 11.2 Å². The minimum atomic E-state index is -0.112. The van der Waals surface area contributed by atoms with Gasteiger partial charge < -0.3 is 9.32 Å². The Morgan fingerprint density at radius 3 is 2.02 bits per heavy atom. The quantitative estimate of drug-likeness (QED) is 0.193. The van der Waals surface area contributed by atoms with Gasteiger partial charge >= 0.3 is 0 Å². The highest BCUT2D eigenvalue weighted by Crippen LogP contribution is 2.55. The molecule has 0 atom stereocenters. The number of rotatable bonds is 4. The van der Waals surface area contributed by atoms with E-state index in [1.54, 1.807) is 0 Å². The maximum Gasteiger partial charge on any atom is 0.143 e. The van der Waals surface area contributed by atoms with Gasteiger partial charge in [0, 0.05) is 38.4 Å². The van der Waals surface area contributed by atoms with E-state index in [1.807, 2.05) is 6.07 Å².